The third-order valence-corrected chi connectivity index (χ3v) is 4.12. The molecule has 0 amide bonds. The Morgan fingerprint density at radius 3 is 2.67 bits per heavy atom. The molecule has 21 heavy (non-hydrogen) atoms. The summed E-state index contributed by atoms with van der Waals surface area (Å²) in [5.41, 5.74) is 2.27. The highest BCUT2D eigenvalue weighted by molar-refractivity contribution is 14.1. The van der Waals surface area contributed by atoms with Crippen molar-refractivity contribution in [3.8, 4) is 5.75 Å². The molecule has 1 heterocycles. The van der Waals surface area contributed by atoms with E-state index >= 15 is 0 Å². The number of halogens is 1. The zero-order chi connectivity index (χ0) is 14.5. The van der Waals surface area contributed by atoms with Crippen molar-refractivity contribution in [3.05, 3.63) is 58.4 Å². The number of aromatic nitrogens is 2. The summed E-state index contributed by atoms with van der Waals surface area (Å²) in [5, 5.41) is 0. The van der Waals surface area contributed by atoms with Gasteiger partial charge in [-0.05, 0) is 71.8 Å². The summed E-state index contributed by atoms with van der Waals surface area (Å²) in [6, 6.07) is 16.4. The van der Waals surface area contributed by atoms with Gasteiger partial charge in [0.25, 0.3) is 0 Å². The lowest BCUT2D eigenvalue weighted by atomic mass is 10.3. The molecule has 0 atom stereocenters. The lowest BCUT2D eigenvalue weighted by Gasteiger charge is -2.07. The highest BCUT2D eigenvalue weighted by Gasteiger charge is 2.01. The first kappa shape index (κ1) is 14.4. The third kappa shape index (κ3) is 3.75. The molecule has 0 aliphatic rings. The Kier molecular flexibility index (Phi) is 4.75. The van der Waals surface area contributed by atoms with Gasteiger partial charge in [-0.3, -0.25) is 0 Å². The van der Waals surface area contributed by atoms with Crippen LogP contribution in [-0.2, 0) is 6.54 Å². The van der Waals surface area contributed by atoms with Crippen LogP contribution in [0.4, 0.5) is 0 Å². The van der Waals surface area contributed by atoms with Crippen molar-refractivity contribution < 1.29 is 4.74 Å². The molecule has 3 nitrogen and oxygen atoms in total. The molecule has 3 rings (SSSR count). The fraction of sp³-hybridized carbons (Fsp3) is 0.235. The number of benzene rings is 2. The van der Waals surface area contributed by atoms with Crippen molar-refractivity contribution in [2.24, 2.45) is 0 Å². The first-order chi connectivity index (χ1) is 10.3. The summed E-state index contributed by atoms with van der Waals surface area (Å²) in [7, 11) is 0. The maximum absolute atomic E-state index is 5.74. The van der Waals surface area contributed by atoms with Crippen LogP contribution >= 0.6 is 22.6 Å². The average molecular weight is 392 g/mol. The van der Waals surface area contributed by atoms with E-state index in [2.05, 4.69) is 56.4 Å². The zero-order valence-corrected chi connectivity index (χ0v) is 13.9. The second-order valence-corrected chi connectivity index (χ2v) is 6.18. The summed E-state index contributed by atoms with van der Waals surface area (Å²) in [6.45, 7) is 1.74. The number of nitrogens with zero attached hydrogens (tertiary/aromatic N) is 2. The predicted molar refractivity (Wildman–Crippen MR) is 93.6 cm³/mol. The highest BCUT2D eigenvalue weighted by atomic mass is 127. The van der Waals surface area contributed by atoms with Gasteiger partial charge in [0.2, 0.25) is 0 Å². The van der Waals surface area contributed by atoms with Crippen molar-refractivity contribution in [1.82, 2.24) is 9.55 Å². The smallest absolute Gasteiger partial charge is 0.119 e. The Balaban J connectivity index is 1.45. The maximum atomic E-state index is 5.74. The molecule has 0 aliphatic carbocycles. The van der Waals surface area contributed by atoms with Crippen LogP contribution in [0.5, 0.6) is 5.75 Å². The normalized spacial score (nSPS) is 10.9. The molecule has 0 spiro atoms. The molecule has 0 fully saturated rings. The van der Waals surface area contributed by atoms with Gasteiger partial charge >= 0.3 is 0 Å². The molecular formula is C17H17IN2O. The van der Waals surface area contributed by atoms with Crippen LogP contribution < -0.4 is 4.74 Å². The Hall–Kier alpha value is -1.56. The number of hydrogen-bond donors (Lipinski definition) is 0. The summed E-state index contributed by atoms with van der Waals surface area (Å²) >= 11 is 2.30. The van der Waals surface area contributed by atoms with E-state index in [9.17, 15) is 0 Å². The molecule has 0 N–H and O–H groups in total. The SMILES string of the molecule is Ic1ccc(OCCCCn2cnc3ccccc32)cc1. The first-order valence-corrected chi connectivity index (χ1v) is 8.19. The van der Waals surface area contributed by atoms with Crippen LogP contribution in [-0.4, -0.2) is 16.2 Å². The maximum Gasteiger partial charge on any atom is 0.119 e. The number of para-hydroxylation sites is 2. The minimum absolute atomic E-state index is 0.757. The van der Waals surface area contributed by atoms with E-state index in [1.54, 1.807) is 0 Å². The first-order valence-electron chi connectivity index (χ1n) is 7.11. The van der Waals surface area contributed by atoms with E-state index < -0.39 is 0 Å². The molecule has 0 bridgehead atoms. The zero-order valence-electron chi connectivity index (χ0n) is 11.7. The van der Waals surface area contributed by atoms with Gasteiger partial charge in [-0.25, -0.2) is 4.98 Å². The number of ether oxygens (including phenoxy) is 1. The van der Waals surface area contributed by atoms with E-state index in [4.69, 9.17) is 4.74 Å². The molecule has 0 saturated heterocycles. The lowest BCUT2D eigenvalue weighted by Crippen LogP contribution is -2.01. The van der Waals surface area contributed by atoms with Crippen LogP contribution in [0, 0.1) is 3.57 Å². The van der Waals surface area contributed by atoms with Gasteiger partial charge in [-0.1, -0.05) is 12.1 Å². The van der Waals surface area contributed by atoms with Gasteiger partial charge in [0.05, 0.1) is 24.0 Å². The number of unbranched alkanes of at least 4 members (excludes halogenated alkanes) is 1. The second-order valence-electron chi connectivity index (χ2n) is 4.94. The van der Waals surface area contributed by atoms with Crippen LogP contribution in [0.2, 0.25) is 0 Å². The van der Waals surface area contributed by atoms with Crippen LogP contribution in [0.3, 0.4) is 0 Å². The Labute approximate surface area is 138 Å². The third-order valence-electron chi connectivity index (χ3n) is 3.40. The molecule has 0 radical (unpaired) electrons. The largest absolute Gasteiger partial charge is 0.494 e. The molecule has 0 aliphatic heterocycles. The van der Waals surface area contributed by atoms with Gasteiger partial charge in [0.15, 0.2) is 0 Å². The fourth-order valence-electron chi connectivity index (χ4n) is 2.29. The van der Waals surface area contributed by atoms with E-state index in [1.165, 1.54) is 9.09 Å². The average Bonchev–Trinajstić information content (AvgIpc) is 2.92. The van der Waals surface area contributed by atoms with Gasteiger partial charge in [0, 0.05) is 10.1 Å². The van der Waals surface area contributed by atoms with Crippen LogP contribution in [0.25, 0.3) is 11.0 Å². The van der Waals surface area contributed by atoms with E-state index in [0.717, 1.165) is 37.3 Å². The van der Waals surface area contributed by atoms with E-state index in [0.29, 0.717) is 0 Å². The van der Waals surface area contributed by atoms with E-state index in [1.807, 2.05) is 30.6 Å². The van der Waals surface area contributed by atoms with Gasteiger partial charge in [-0.15, -0.1) is 0 Å². The standard InChI is InChI=1S/C17H17IN2O/c18-14-7-9-15(10-8-14)21-12-4-3-11-20-13-19-16-5-1-2-6-17(16)20/h1-2,5-10,13H,3-4,11-12H2. The van der Waals surface area contributed by atoms with Gasteiger partial charge < -0.3 is 9.30 Å². The van der Waals surface area contributed by atoms with Crippen molar-refractivity contribution in [2.45, 2.75) is 19.4 Å². The molecule has 0 saturated carbocycles. The molecule has 108 valence electrons. The van der Waals surface area contributed by atoms with Crippen LogP contribution in [0.15, 0.2) is 54.9 Å². The number of imidazole rings is 1. The quantitative estimate of drug-likeness (QED) is 0.456. The molecular weight excluding hydrogens is 375 g/mol. The summed E-state index contributed by atoms with van der Waals surface area (Å²) < 4.78 is 9.18. The summed E-state index contributed by atoms with van der Waals surface area (Å²) in [6.07, 6.45) is 4.05. The van der Waals surface area contributed by atoms with Crippen molar-refractivity contribution in [3.63, 3.8) is 0 Å². The van der Waals surface area contributed by atoms with Gasteiger partial charge in [0.1, 0.15) is 5.75 Å². The van der Waals surface area contributed by atoms with Crippen molar-refractivity contribution in [1.29, 1.82) is 0 Å². The monoisotopic (exact) mass is 392 g/mol. The molecule has 1 aromatic heterocycles. The molecule has 2 aromatic carbocycles. The minimum Gasteiger partial charge on any atom is -0.494 e. The van der Waals surface area contributed by atoms with Crippen molar-refractivity contribution >= 4 is 33.6 Å². The number of hydrogen-bond acceptors (Lipinski definition) is 2. The molecule has 0 unspecified atom stereocenters. The van der Waals surface area contributed by atoms with E-state index in [-0.39, 0.29) is 0 Å². The number of fused-ring (bicyclic) bond motifs is 1. The Morgan fingerprint density at radius 2 is 1.81 bits per heavy atom. The Morgan fingerprint density at radius 1 is 1.00 bits per heavy atom. The second kappa shape index (κ2) is 6.93. The minimum atomic E-state index is 0.757. The fourth-order valence-corrected chi connectivity index (χ4v) is 2.65. The number of aryl methyl sites for hydroxylation is 1. The lowest BCUT2D eigenvalue weighted by molar-refractivity contribution is 0.303. The van der Waals surface area contributed by atoms with Gasteiger partial charge in [-0.2, -0.15) is 0 Å². The summed E-state index contributed by atoms with van der Waals surface area (Å²) in [4.78, 5) is 4.40. The topological polar surface area (TPSA) is 27.1 Å². The molecule has 4 heteroatoms. The Bertz CT molecular complexity index is 706. The highest BCUT2D eigenvalue weighted by Crippen LogP contribution is 2.15. The van der Waals surface area contributed by atoms with Crippen LogP contribution in [0.1, 0.15) is 12.8 Å². The van der Waals surface area contributed by atoms with Crippen molar-refractivity contribution in [2.75, 3.05) is 6.61 Å². The number of rotatable bonds is 6. The predicted octanol–water partition coefficient (Wildman–Crippen LogP) is 4.50. The summed E-state index contributed by atoms with van der Waals surface area (Å²) in [5.74, 6) is 0.948. The molecule has 3 aromatic rings.